The lowest BCUT2D eigenvalue weighted by Crippen LogP contribution is -2.63. The number of amides is 1. The second-order valence-electron chi connectivity index (χ2n) is 11.7. The first-order chi connectivity index (χ1) is 18.3. The van der Waals surface area contributed by atoms with Crippen molar-refractivity contribution in [3.63, 3.8) is 0 Å². The van der Waals surface area contributed by atoms with Crippen LogP contribution in [0.15, 0.2) is 23.0 Å². The van der Waals surface area contributed by atoms with Crippen LogP contribution < -0.4 is 5.73 Å². The van der Waals surface area contributed by atoms with Crippen LogP contribution in [0.1, 0.15) is 50.3 Å². The first-order valence-corrected chi connectivity index (χ1v) is 13.8. The fourth-order valence-corrected chi connectivity index (χ4v) is 7.19. The highest BCUT2D eigenvalue weighted by molar-refractivity contribution is 6.32. The number of hydrogen-bond donors (Lipinski definition) is 4. The van der Waals surface area contributed by atoms with Gasteiger partial charge in [-0.25, -0.2) is 0 Å². The van der Waals surface area contributed by atoms with Gasteiger partial charge in [0.05, 0.1) is 17.2 Å². The molecule has 0 saturated heterocycles. The maximum Gasteiger partial charge on any atom is 0.248 e. The molecule has 1 amide bonds. The molecule has 0 radical (unpaired) electrons. The van der Waals surface area contributed by atoms with Gasteiger partial charge in [0.2, 0.25) is 5.91 Å². The van der Waals surface area contributed by atoms with E-state index in [1.807, 2.05) is 0 Å². The summed E-state index contributed by atoms with van der Waals surface area (Å²) in [6.07, 6.45) is 0.511. The number of carbonyl (C=O) groups excluding carboxylic acids is 2. The topological polar surface area (TPSA) is 137 Å². The number of aliphatic hydroxyl groups excluding tert-OH is 2. The Hall–Kier alpha value is -2.59. The number of primary amides is 1. The number of fused-ring (bicyclic) bond motifs is 3. The van der Waals surface area contributed by atoms with Gasteiger partial charge in [0.15, 0.2) is 5.78 Å². The summed E-state index contributed by atoms with van der Waals surface area (Å²) >= 11 is 6.93. The molecule has 1 aromatic carbocycles. The summed E-state index contributed by atoms with van der Waals surface area (Å²) in [5.74, 6) is -2.40. The van der Waals surface area contributed by atoms with Crippen LogP contribution in [0.3, 0.4) is 0 Å². The van der Waals surface area contributed by atoms with Gasteiger partial charge in [0.25, 0.3) is 0 Å². The van der Waals surface area contributed by atoms with Crippen LogP contribution in [0, 0.1) is 17.8 Å². The van der Waals surface area contributed by atoms with Crippen LogP contribution in [-0.4, -0.2) is 82.7 Å². The van der Waals surface area contributed by atoms with Crippen LogP contribution in [0.25, 0.3) is 5.76 Å². The SMILES string of the molecule is CCN(Cc1cc(O)c2c(c1Cl)C[C@H]1C[C@H]3[C@H](N(C)C)C(O)=C(C(N)=O)CC3(OC)C(=O)C1=C2O)CC(C)C. The van der Waals surface area contributed by atoms with E-state index in [4.69, 9.17) is 22.1 Å². The zero-order chi connectivity index (χ0) is 29.0. The van der Waals surface area contributed by atoms with Gasteiger partial charge in [-0.3, -0.25) is 19.4 Å². The first-order valence-electron chi connectivity index (χ1n) is 13.5. The lowest BCUT2D eigenvalue weighted by atomic mass is 9.57. The highest BCUT2D eigenvalue weighted by atomic mass is 35.5. The molecule has 214 valence electrons. The number of phenols is 1. The fraction of sp³-hybridized carbons (Fsp3) is 0.586. The molecule has 9 nitrogen and oxygen atoms in total. The monoisotopic (exact) mass is 561 g/mol. The minimum atomic E-state index is -1.51. The number of aliphatic hydroxyl groups is 2. The van der Waals surface area contributed by atoms with E-state index in [0.717, 1.165) is 18.7 Å². The maximum absolute atomic E-state index is 14.2. The van der Waals surface area contributed by atoms with Crippen LogP contribution in [-0.2, 0) is 27.3 Å². The van der Waals surface area contributed by atoms with Gasteiger partial charge < -0.3 is 25.8 Å². The zero-order valence-electron chi connectivity index (χ0n) is 23.5. The molecule has 0 heterocycles. The quantitative estimate of drug-likeness (QED) is 0.378. The predicted octanol–water partition coefficient (Wildman–Crippen LogP) is 3.57. The summed E-state index contributed by atoms with van der Waals surface area (Å²) in [7, 11) is 4.91. The third-order valence-corrected chi connectivity index (χ3v) is 9.10. The number of rotatable bonds is 8. The van der Waals surface area contributed by atoms with E-state index in [2.05, 4.69) is 25.7 Å². The second-order valence-corrected chi connectivity index (χ2v) is 12.1. The Morgan fingerprint density at radius 1 is 1.28 bits per heavy atom. The summed E-state index contributed by atoms with van der Waals surface area (Å²) < 4.78 is 5.88. The van der Waals surface area contributed by atoms with Crippen molar-refractivity contribution >= 4 is 29.1 Å². The van der Waals surface area contributed by atoms with Gasteiger partial charge in [-0.15, -0.1) is 0 Å². The number of aromatic hydroxyl groups is 1. The van der Waals surface area contributed by atoms with Crippen molar-refractivity contribution < 1.29 is 29.6 Å². The third-order valence-electron chi connectivity index (χ3n) is 8.63. The van der Waals surface area contributed by atoms with Gasteiger partial charge in [-0.2, -0.15) is 0 Å². The van der Waals surface area contributed by atoms with E-state index in [-0.39, 0.29) is 40.4 Å². The second kappa shape index (κ2) is 10.8. The van der Waals surface area contributed by atoms with Gasteiger partial charge in [-0.1, -0.05) is 32.4 Å². The molecule has 0 aliphatic heterocycles. The number of nitrogens with zero attached hydrogens (tertiary/aromatic N) is 2. The molecule has 4 atom stereocenters. The summed E-state index contributed by atoms with van der Waals surface area (Å²) in [4.78, 5) is 30.5. The van der Waals surface area contributed by atoms with Crippen molar-refractivity contribution in [1.82, 2.24) is 9.80 Å². The molecule has 5 N–H and O–H groups in total. The largest absolute Gasteiger partial charge is 0.510 e. The molecular weight excluding hydrogens is 522 g/mol. The lowest BCUT2D eigenvalue weighted by molar-refractivity contribution is -0.157. The van der Waals surface area contributed by atoms with E-state index in [1.165, 1.54) is 7.11 Å². The number of ether oxygens (including phenoxy) is 1. The molecule has 3 aliphatic carbocycles. The number of halogens is 1. The molecule has 1 fully saturated rings. The van der Waals surface area contributed by atoms with Crippen LogP contribution in [0.4, 0.5) is 0 Å². The molecule has 1 saturated carbocycles. The van der Waals surface area contributed by atoms with Crippen molar-refractivity contribution in [1.29, 1.82) is 0 Å². The van der Waals surface area contributed by atoms with Crippen LogP contribution in [0.5, 0.6) is 5.75 Å². The highest BCUT2D eigenvalue weighted by Crippen LogP contribution is 2.55. The zero-order valence-corrected chi connectivity index (χ0v) is 24.3. The average molecular weight is 562 g/mol. The summed E-state index contributed by atoms with van der Waals surface area (Å²) in [6, 6.07) is 0.873. The average Bonchev–Trinajstić information content (AvgIpc) is 2.85. The van der Waals surface area contributed by atoms with Crippen LogP contribution >= 0.6 is 11.6 Å². The Bertz CT molecular complexity index is 1260. The minimum absolute atomic E-state index is 0.0627. The van der Waals surface area contributed by atoms with E-state index < -0.39 is 35.2 Å². The molecule has 4 rings (SSSR count). The maximum atomic E-state index is 14.2. The van der Waals surface area contributed by atoms with E-state index in [1.54, 1.807) is 25.1 Å². The van der Waals surface area contributed by atoms with Crippen molar-refractivity contribution in [2.24, 2.45) is 23.5 Å². The number of likely N-dealkylation sites (N-methyl/N-ethyl adjacent to an activating group) is 1. The van der Waals surface area contributed by atoms with Crippen molar-refractivity contribution in [3.05, 3.63) is 44.7 Å². The van der Waals surface area contributed by atoms with Crippen LogP contribution in [0.2, 0.25) is 5.02 Å². The molecule has 3 aliphatic rings. The van der Waals surface area contributed by atoms with E-state index >= 15 is 0 Å². The molecule has 0 aromatic heterocycles. The van der Waals surface area contributed by atoms with Gasteiger partial charge in [0, 0.05) is 43.1 Å². The molecule has 0 spiro atoms. The Morgan fingerprint density at radius 2 is 1.95 bits per heavy atom. The Morgan fingerprint density at radius 3 is 2.49 bits per heavy atom. The normalized spacial score (nSPS) is 26.8. The van der Waals surface area contributed by atoms with Gasteiger partial charge >= 0.3 is 0 Å². The summed E-state index contributed by atoms with van der Waals surface area (Å²) in [5, 5.41) is 34.1. The number of methoxy groups -OCH3 is 1. The van der Waals surface area contributed by atoms with Gasteiger partial charge in [-0.05, 0) is 62.5 Å². The number of Topliss-reactive ketones (excluding diaryl/α,β-unsaturated/α-hetero) is 1. The number of ketones is 1. The molecular formula is C29H40ClN3O6. The number of benzene rings is 1. The Balaban J connectivity index is 1.84. The standard InChI is InChI=1S/C29H40ClN3O6/c1-7-33(12-14(2)3)13-16-10-20(34)22-17(23(16)30)8-15-9-19-24(32(4)5)25(35)18(28(31)38)11-29(19,39-6)27(37)21(15)26(22)36/h10,14-15,19,24,34-36H,7-9,11-13H2,1-6H3,(H2,31,38)/t15-,19-,24-,29?/m0/s1. The number of carbonyl (C=O) groups is 2. The predicted molar refractivity (Wildman–Crippen MR) is 149 cm³/mol. The van der Waals surface area contributed by atoms with E-state index in [0.29, 0.717) is 35.9 Å². The highest BCUT2D eigenvalue weighted by Gasteiger charge is 2.61. The first kappa shape index (κ1) is 29.4. The van der Waals surface area contributed by atoms with Gasteiger partial charge in [0.1, 0.15) is 22.9 Å². The molecule has 1 unspecified atom stereocenters. The summed E-state index contributed by atoms with van der Waals surface area (Å²) in [5.41, 5.74) is 5.69. The smallest absolute Gasteiger partial charge is 0.248 e. The number of hydrogen-bond acceptors (Lipinski definition) is 8. The lowest BCUT2D eigenvalue weighted by Gasteiger charge is -2.53. The molecule has 1 aromatic rings. The number of nitrogens with two attached hydrogens (primary N) is 1. The fourth-order valence-electron chi connectivity index (χ4n) is 6.91. The Kier molecular flexibility index (Phi) is 8.11. The minimum Gasteiger partial charge on any atom is -0.510 e. The third kappa shape index (κ3) is 4.73. The molecule has 10 heteroatoms. The van der Waals surface area contributed by atoms with Crippen molar-refractivity contribution in [3.8, 4) is 5.75 Å². The summed E-state index contributed by atoms with van der Waals surface area (Å²) in [6.45, 7) is 8.59. The van der Waals surface area contributed by atoms with Crippen molar-refractivity contribution in [2.45, 2.75) is 58.2 Å². The van der Waals surface area contributed by atoms with Crippen molar-refractivity contribution in [2.75, 3.05) is 34.3 Å². The molecule has 0 bridgehead atoms. The molecule has 39 heavy (non-hydrogen) atoms. The van der Waals surface area contributed by atoms with E-state index in [9.17, 15) is 24.9 Å². The Labute approximate surface area is 234 Å². The number of phenolic OH excluding ortho intramolecular Hbond substituents is 1.